The van der Waals surface area contributed by atoms with Gasteiger partial charge in [-0.3, -0.25) is 9.10 Å². The van der Waals surface area contributed by atoms with Crippen molar-refractivity contribution in [2.75, 3.05) is 23.7 Å². The second-order valence-electron chi connectivity index (χ2n) is 7.55. The van der Waals surface area contributed by atoms with Crippen LogP contribution in [0.2, 0.25) is 0 Å². The van der Waals surface area contributed by atoms with Gasteiger partial charge in [0.15, 0.2) is 0 Å². The minimum Gasteiger partial charge on any atom is -0.354 e. The molecule has 1 N–H and O–H groups in total. The predicted molar refractivity (Wildman–Crippen MR) is 99.8 cm³/mol. The molecule has 0 radical (unpaired) electrons. The highest BCUT2D eigenvalue weighted by Gasteiger charge is 2.25. The summed E-state index contributed by atoms with van der Waals surface area (Å²) in [7, 11) is -3.44. The molecule has 0 aliphatic heterocycles. The Balaban J connectivity index is 2.99. The molecule has 1 rings (SSSR count). The second-order valence-corrected chi connectivity index (χ2v) is 9.46. The lowest BCUT2D eigenvalue weighted by molar-refractivity contribution is -0.121. The smallest absolute Gasteiger partial charge is 0.232 e. The molecule has 6 heteroatoms. The SMILES string of the molecule is CC(C)CC(=O)NCCN(c1ccccc1C(C)(C)C)S(C)(=O)=O. The summed E-state index contributed by atoms with van der Waals surface area (Å²) in [6, 6.07) is 7.51. The van der Waals surface area contributed by atoms with E-state index in [0.717, 1.165) is 5.56 Å². The molecule has 0 aliphatic carbocycles. The molecule has 5 nitrogen and oxygen atoms in total. The van der Waals surface area contributed by atoms with Crippen molar-refractivity contribution in [2.24, 2.45) is 5.92 Å². The number of hydrogen-bond acceptors (Lipinski definition) is 3. The van der Waals surface area contributed by atoms with Crippen LogP contribution in [0.4, 0.5) is 5.69 Å². The van der Waals surface area contributed by atoms with Crippen LogP contribution >= 0.6 is 0 Å². The van der Waals surface area contributed by atoms with E-state index in [1.54, 1.807) is 0 Å². The fraction of sp³-hybridized carbons (Fsp3) is 0.611. The minimum atomic E-state index is -3.44. The fourth-order valence-electron chi connectivity index (χ4n) is 2.53. The number of sulfonamides is 1. The van der Waals surface area contributed by atoms with Gasteiger partial charge in [-0.05, 0) is 23.0 Å². The largest absolute Gasteiger partial charge is 0.354 e. The molecule has 0 saturated heterocycles. The maximum atomic E-state index is 12.3. The highest BCUT2D eigenvalue weighted by atomic mass is 32.2. The summed E-state index contributed by atoms with van der Waals surface area (Å²) in [5.41, 5.74) is 1.45. The van der Waals surface area contributed by atoms with Gasteiger partial charge in [-0.15, -0.1) is 0 Å². The van der Waals surface area contributed by atoms with Crippen molar-refractivity contribution in [3.63, 3.8) is 0 Å². The zero-order valence-corrected chi connectivity index (χ0v) is 16.4. The molecule has 0 spiro atoms. The summed E-state index contributed by atoms with van der Waals surface area (Å²) in [4.78, 5) is 11.8. The Morgan fingerprint density at radius 1 is 1.21 bits per heavy atom. The molecule has 1 aromatic carbocycles. The molecule has 0 fully saturated rings. The standard InChI is InChI=1S/C18H30N2O3S/c1-14(2)13-17(21)19-11-12-20(24(6,22)23)16-10-8-7-9-15(16)18(3,4)5/h7-10,14H,11-13H2,1-6H3,(H,19,21). The number of rotatable bonds is 7. The topological polar surface area (TPSA) is 66.5 Å². The zero-order valence-electron chi connectivity index (χ0n) is 15.6. The molecular formula is C18H30N2O3S. The second kappa shape index (κ2) is 8.01. The third-order valence-electron chi connectivity index (χ3n) is 3.61. The summed E-state index contributed by atoms with van der Waals surface area (Å²) in [5, 5.41) is 2.80. The minimum absolute atomic E-state index is 0.0532. The van der Waals surface area contributed by atoms with Gasteiger partial charge in [-0.2, -0.15) is 0 Å². The molecule has 1 aromatic rings. The molecule has 1 amide bonds. The highest BCUT2D eigenvalue weighted by Crippen LogP contribution is 2.32. The van der Waals surface area contributed by atoms with E-state index in [1.165, 1.54) is 10.6 Å². The molecule has 0 unspecified atom stereocenters. The van der Waals surface area contributed by atoms with Crippen molar-refractivity contribution >= 4 is 21.6 Å². The monoisotopic (exact) mass is 354 g/mol. The van der Waals surface area contributed by atoms with Crippen LogP contribution in [0.25, 0.3) is 0 Å². The molecule has 0 saturated carbocycles. The van der Waals surface area contributed by atoms with Crippen LogP contribution in [0.15, 0.2) is 24.3 Å². The van der Waals surface area contributed by atoms with Crippen LogP contribution in [0.3, 0.4) is 0 Å². The van der Waals surface area contributed by atoms with Crippen molar-refractivity contribution < 1.29 is 13.2 Å². The maximum absolute atomic E-state index is 12.3. The van der Waals surface area contributed by atoms with Gasteiger partial charge in [0.1, 0.15) is 0 Å². The van der Waals surface area contributed by atoms with E-state index in [1.807, 2.05) is 38.1 Å². The summed E-state index contributed by atoms with van der Waals surface area (Å²) in [5.74, 6) is 0.222. The summed E-state index contributed by atoms with van der Waals surface area (Å²) < 4.78 is 25.9. The molecule has 0 atom stereocenters. The number of carbonyl (C=O) groups is 1. The third-order valence-corrected chi connectivity index (χ3v) is 4.79. The lowest BCUT2D eigenvalue weighted by atomic mass is 9.86. The summed E-state index contributed by atoms with van der Waals surface area (Å²) in [6.07, 6.45) is 1.64. The number of carbonyl (C=O) groups excluding carboxylic acids is 1. The van der Waals surface area contributed by atoms with Crippen LogP contribution in [-0.4, -0.2) is 33.7 Å². The van der Waals surface area contributed by atoms with Gasteiger partial charge in [-0.25, -0.2) is 8.42 Å². The van der Waals surface area contributed by atoms with Gasteiger partial charge in [0.2, 0.25) is 15.9 Å². The number of amides is 1. The normalized spacial score (nSPS) is 12.3. The van der Waals surface area contributed by atoms with Crippen LogP contribution in [0, 0.1) is 5.92 Å². The quantitative estimate of drug-likeness (QED) is 0.819. The van der Waals surface area contributed by atoms with Gasteiger partial charge in [0.05, 0.1) is 18.5 Å². The Morgan fingerprint density at radius 3 is 2.29 bits per heavy atom. The van der Waals surface area contributed by atoms with Crippen LogP contribution in [0.5, 0.6) is 0 Å². The van der Waals surface area contributed by atoms with Gasteiger partial charge in [-0.1, -0.05) is 52.8 Å². The first-order valence-electron chi connectivity index (χ1n) is 8.27. The summed E-state index contributed by atoms with van der Waals surface area (Å²) in [6.45, 7) is 10.6. The molecule has 0 heterocycles. The lowest BCUT2D eigenvalue weighted by Crippen LogP contribution is -2.39. The first-order valence-corrected chi connectivity index (χ1v) is 10.1. The molecule has 24 heavy (non-hydrogen) atoms. The van der Waals surface area contributed by atoms with Gasteiger partial charge >= 0.3 is 0 Å². The molecular weight excluding hydrogens is 324 g/mol. The molecule has 0 aliphatic rings. The number of nitrogens with one attached hydrogen (secondary N) is 1. The van der Waals surface area contributed by atoms with E-state index >= 15 is 0 Å². The number of para-hydroxylation sites is 1. The van der Waals surface area contributed by atoms with Crippen molar-refractivity contribution in [1.29, 1.82) is 0 Å². The Hall–Kier alpha value is -1.56. The number of hydrogen-bond donors (Lipinski definition) is 1. The van der Waals surface area contributed by atoms with Crippen LogP contribution < -0.4 is 9.62 Å². The lowest BCUT2D eigenvalue weighted by Gasteiger charge is -2.30. The first kappa shape index (κ1) is 20.5. The Bertz CT molecular complexity index is 661. The van der Waals surface area contributed by atoms with Crippen LogP contribution in [0.1, 0.15) is 46.6 Å². The average molecular weight is 355 g/mol. The third kappa shape index (κ3) is 6.15. The Kier molecular flexibility index (Phi) is 6.84. The summed E-state index contributed by atoms with van der Waals surface area (Å²) >= 11 is 0. The van der Waals surface area contributed by atoms with Crippen molar-refractivity contribution in [3.8, 4) is 0 Å². The van der Waals surface area contributed by atoms with Crippen LogP contribution in [-0.2, 0) is 20.2 Å². The van der Waals surface area contributed by atoms with Gasteiger partial charge in [0, 0.05) is 13.0 Å². The maximum Gasteiger partial charge on any atom is 0.232 e. The number of nitrogens with zero attached hydrogens (tertiary/aromatic N) is 1. The number of benzene rings is 1. The molecule has 136 valence electrons. The van der Waals surface area contributed by atoms with E-state index in [2.05, 4.69) is 26.1 Å². The van der Waals surface area contributed by atoms with Gasteiger partial charge < -0.3 is 5.32 Å². The molecule has 0 bridgehead atoms. The molecule has 0 aromatic heterocycles. The first-order chi connectivity index (χ1) is 10.9. The van der Waals surface area contributed by atoms with E-state index in [-0.39, 0.29) is 30.3 Å². The van der Waals surface area contributed by atoms with Gasteiger partial charge in [0.25, 0.3) is 0 Å². The van der Waals surface area contributed by atoms with E-state index in [9.17, 15) is 13.2 Å². The van der Waals surface area contributed by atoms with Crippen molar-refractivity contribution in [3.05, 3.63) is 29.8 Å². The van der Waals surface area contributed by atoms with E-state index < -0.39 is 10.0 Å². The predicted octanol–water partition coefficient (Wildman–Crippen LogP) is 2.91. The van der Waals surface area contributed by atoms with E-state index in [4.69, 9.17) is 0 Å². The average Bonchev–Trinajstić information content (AvgIpc) is 2.40. The fourth-order valence-corrected chi connectivity index (χ4v) is 3.47. The van der Waals surface area contributed by atoms with Crippen molar-refractivity contribution in [2.45, 2.75) is 46.5 Å². The zero-order chi connectivity index (χ0) is 18.5. The van der Waals surface area contributed by atoms with Crippen molar-refractivity contribution in [1.82, 2.24) is 5.32 Å². The Morgan fingerprint density at radius 2 is 1.79 bits per heavy atom. The highest BCUT2D eigenvalue weighted by molar-refractivity contribution is 7.92. The Labute approximate surface area is 146 Å². The van der Waals surface area contributed by atoms with E-state index in [0.29, 0.717) is 12.1 Å². The number of anilines is 1.